The van der Waals surface area contributed by atoms with Gasteiger partial charge in [0.15, 0.2) is 0 Å². The molecule has 0 aromatic heterocycles. The van der Waals surface area contributed by atoms with Crippen molar-refractivity contribution in [3.63, 3.8) is 0 Å². The van der Waals surface area contributed by atoms with Crippen molar-refractivity contribution in [2.75, 3.05) is 19.6 Å². The summed E-state index contributed by atoms with van der Waals surface area (Å²) in [5.41, 5.74) is 0. The molecule has 0 bridgehead atoms. The number of rotatable bonds is 11. The maximum atomic E-state index is 3.60. The van der Waals surface area contributed by atoms with E-state index in [4.69, 9.17) is 0 Å². The van der Waals surface area contributed by atoms with Crippen molar-refractivity contribution in [3.05, 3.63) is 0 Å². The van der Waals surface area contributed by atoms with Crippen LogP contribution in [0.1, 0.15) is 58.8 Å². The normalized spacial score (nSPS) is 17.6. The smallest absolute Gasteiger partial charge is 0.00682 e. The average Bonchev–Trinajstić information content (AvgIpc) is 3.11. The molecule has 2 nitrogen and oxygen atoms in total. The van der Waals surface area contributed by atoms with Gasteiger partial charge in [0.2, 0.25) is 0 Å². The summed E-state index contributed by atoms with van der Waals surface area (Å²) in [6.07, 6.45) is 9.55. The maximum Gasteiger partial charge on any atom is 0.00682 e. The molecule has 1 unspecified atom stereocenters. The molecule has 96 valence electrons. The Kier molecular flexibility index (Phi) is 7.87. The molecule has 0 aromatic rings. The predicted octanol–water partition coefficient (Wildman–Crippen LogP) is 2.93. The van der Waals surface area contributed by atoms with Crippen LogP contribution in [0.4, 0.5) is 0 Å². The summed E-state index contributed by atoms with van der Waals surface area (Å²) < 4.78 is 0. The van der Waals surface area contributed by atoms with Crippen molar-refractivity contribution < 1.29 is 0 Å². The zero-order valence-corrected chi connectivity index (χ0v) is 11.2. The van der Waals surface area contributed by atoms with Gasteiger partial charge in [-0.25, -0.2) is 0 Å². The van der Waals surface area contributed by atoms with Crippen LogP contribution in [0.5, 0.6) is 0 Å². The van der Waals surface area contributed by atoms with E-state index in [2.05, 4.69) is 24.5 Å². The Balaban J connectivity index is 1.83. The zero-order chi connectivity index (χ0) is 11.6. The van der Waals surface area contributed by atoms with Crippen LogP contribution in [0.3, 0.4) is 0 Å². The van der Waals surface area contributed by atoms with Crippen LogP contribution in [-0.2, 0) is 0 Å². The average molecular weight is 226 g/mol. The number of unbranched alkanes of at least 4 members (excludes halogenated alkanes) is 1. The van der Waals surface area contributed by atoms with Crippen LogP contribution in [0, 0.1) is 5.92 Å². The van der Waals surface area contributed by atoms with Crippen LogP contribution in [0.25, 0.3) is 0 Å². The Bertz CT molecular complexity index is 155. The second-order valence-electron chi connectivity index (χ2n) is 5.20. The third-order valence-corrected chi connectivity index (χ3v) is 3.52. The molecule has 0 aliphatic heterocycles. The monoisotopic (exact) mass is 226 g/mol. The molecule has 0 amide bonds. The van der Waals surface area contributed by atoms with Crippen LogP contribution in [0.15, 0.2) is 0 Å². The van der Waals surface area contributed by atoms with Gasteiger partial charge in [0.1, 0.15) is 0 Å². The van der Waals surface area contributed by atoms with Gasteiger partial charge in [0.05, 0.1) is 0 Å². The molecule has 2 N–H and O–H groups in total. The van der Waals surface area contributed by atoms with E-state index in [1.54, 1.807) is 0 Å². The molecule has 0 heterocycles. The third kappa shape index (κ3) is 7.24. The lowest BCUT2D eigenvalue weighted by molar-refractivity contribution is 0.417. The molecule has 0 spiro atoms. The minimum absolute atomic E-state index is 0.868. The van der Waals surface area contributed by atoms with Crippen molar-refractivity contribution in [2.45, 2.75) is 64.8 Å². The Morgan fingerprint density at radius 2 is 1.94 bits per heavy atom. The highest BCUT2D eigenvalue weighted by Crippen LogP contribution is 2.18. The molecule has 2 heteroatoms. The van der Waals surface area contributed by atoms with Gasteiger partial charge in [-0.05, 0) is 51.2 Å². The largest absolute Gasteiger partial charge is 0.316 e. The summed E-state index contributed by atoms with van der Waals surface area (Å²) in [6, 6.07) is 0.868. The summed E-state index contributed by atoms with van der Waals surface area (Å²) in [5.74, 6) is 0.899. The van der Waals surface area contributed by atoms with E-state index in [9.17, 15) is 0 Å². The van der Waals surface area contributed by atoms with E-state index < -0.39 is 0 Å². The standard InChI is InChI=1S/C14H30N2/c1-3-5-7-13(4-2)12-15-10-6-11-16-14-8-9-14/h13-16H,3-12H2,1-2H3. The van der Waals surface area contributed by atoms with Crippen molar-refractivity contribution >= 4 is 0 Å². The molecular formula is C14H30N2. The second-order valence-corrected chi connectivity index (χ2v) is 5.20. The minimum atomic E-state index is 0.868. The molecule has 1 fully saturated rings. The van der Waals surface area contributed by atoms with Gasteiger partial charge in [0.25, 0.3) is 0 Å². The summed E-state index contributed by atoms with van der Waals surface area (Å²) >= 11 is 0. The molecule has 1 saturated carbocycles. The van der Waals surface area contributed by atoms with Crippen molar-refractivity contribution in [1.29, 1.82) is 0 Å². The van der Waals surface area contributed by atoms with E-state index in [0.29, 0.717) is 0 Å². The number of nitrogens with one attached hydrogen (secondary N) is 2. The van der Waals surface area contributed by atoms with Gasteiger partial charge in [-0.15, -0.1) is 0 Å². The highest BCUT2D eigenvalue weighted by Gasteiger charge is 2.19. The third-order valence-electron chi connectivity index (χ3n) is 3.52. The van der Waals surface area contributed by atoms with Crippen LogP contribution in [-0.4, -0.2) is 25.7 Å². The minimum Gasteiger partial charge on any atom is -0.316 e. The SMILES string of the molecule is CCCCC(CC)CNCCCNC1CC1. The molecule has 0 radical (unpaired) electrons. The molecule has 0 saturated heterocycles. The summed E-state index contributed by atoms with van der Waals surface area (Å²) in [7, 11) is 0. The van der Waals surface area contributed by atoms with Crippen molar-refractivity contribution in [3.8, 4) is 0 Å². The molecule has 1 rings (SSSR count). The number of hydrogen-bond donors (Lipinski definition) is 2. The summed E-state index contributed by atoms with van der Waals surface area (Å²) in [6.45, 7) is 8.20. The Labute approximate surface area is 102 Å². The first-order valence-electron chi connectivity index (χ1n) is 7.30. The molecule has 1 atom stereocenters. The Morgan fingerprint density at radius 1 is 1.12 bits per heavy atom. The zero-order valence-electron chi connectivity index (χ0n) is 11.2. The lowest BCUT2D eigenvalue weighted by Gasteiger charge is -2.15. The topological polar surface area (TPSA) is 24.1 Å². The van der Waals surface area contributed by atoms with Gasteiger partial charge in [-0.2, -0.15) is 0 Å². The summed E-state index contributed by atoms with van der Waals surface area (Å²) in [4.78, 5) is 0. The van der Waals surface area contributed by atoms with Gasteiger partial charge < -0.3 is 10.6 Å². The Morgan fingerprint density at radius 3 is 2.56 bits per heavy atom. The maximum absolute atomic E-state index is 3.60. The van der Waals surface area contributed by atoms with Crippen LogP contribution < -0.4 is 10.6 Å². The summed E-state index contributed by atoms with van der Waals surface area (Å²) in [5, 5.41) is 7.15. The van der Waals surface area contributed by atoms with Crippen LogP contribution >= 0.6 is 0 Å². The fourth-order valence-electron chi connectivity index (χ4n) is 2.06. The fraction of sp³-hybridized carbons (Fsp3) is 1.00. The first-order valence-corrected chi connectivity index (χ1v) is 7.30. The van der Waals surface area contributed by atoms with E-state index in [-0.39, 0.29) is 0 Å². The van der Waals surface area contributed by atoms with Gasteiger partial charge in [-0.1, -0.05) is 33.1 Å². The quantitative estimate of drug-likeness (QED) is 0.529. The molecule has 0 aromatic carbocycles. The predicted molar refractivity (Wildman–Crippen MR) is 71.8 cm³/mol. The Hall–Kier alpha value is -0.0800. The highest BCUT2D eigenvalue weighted by atomic mass is 14.9. The van der Waals surface area contributed by atoms with E-state index in [1.807, 2.05) is 0 Å². The first kappa shape index (κ1) is 14.0. The van der Waals surface area contributed by atoms with Gasteiger partial charge in [-0.3, -0.25) is 0 Å². The second kappa shape index (κ2) is 9.00. The van der Waals surface area contributed by atoms with Crippen molar-refractivity contribution in [2.24, 2.45) is 5.92 Å². The van der Waals surface area contributed by atoms with E-state index in [1.165, 1.54) is 64.6 Å². The van der Waals surface area contributed by atoms with Gasteiger partial charge in [0, 0.05) is 6.04 Å². The molecule has 1 aliphatic carbocycles. The molecule has 1 aliphatic rings. The highest BCUT2D eigenvalue weighted by molar-refractivity contribution is 4.80. The van der Waals surface area contributed by atoms with Gasteiger partial charge >= 0.3 is 0 Å². The lowest BCUT2D eigenvalue weighted by Crippen LogP contribution is -2.27. The lowest BCUT2D eigenvalue weighted by atomic mass is 9.99. The van der Waals surface area contributed by atoms with E-state index in [0.717, 1.165) is 12.0 Å². The fourth-order valence-corrected chi connectivity index (χ4v) is 2.06. The van der Waals surface area contributed by atoms with Crippen molar-refractivity contribution in [1.82, 2.24) is 10.6 Å². The number of hydrogen-bond acceptors (Lipinski definition) is 2. The first-order chi connectivity index (χ1) is 7.86. The molecule has 16 heavy (non-hydrogen) atoms. The molecular weight excluding hydrogens is 196 g/mol. The van der Waals surface area contributed by atoms with E-state index >= 15 is 0 Å². The van der Waals surface area contributed by atoms with Crippen LogP contribution in [0.2, 0.25) is 0 Å².